The average molecular weight is 407 g/mol. The second-order valence-corrected chi connectivity index (χ2v) is 6.45. The number of nitrogens with one attached hydrogen (secondary N) is 1. The Morgan fingerprint density at radius 1 is 1.07 bits per heavy atom. The van der Waals surface area contributed by atoms with Gasteiger partial charge in [0, 0.05) is 17.4 Å². The van der Waals surface area contributed by atoms with Crippen molar-refractivity contribution in [2.24, 2.45) is 0 Å². The topological polar surface area (TPSA) is 83.1 Å². The summed E-state index contributed by atoms with van der Waals surface area (Å²) in [5, 5.41) is 2.42. The summed E-state index contributed by atoms with van der Waals surface area (Å²) in [6, 6.07) is 4.83. The number of carbonyl (C=O) groups excluding carboxylic acids is 2. The van der Waals surface area contributed by atoms with E-state index in [1.807, 2.05) is 0 Å². The summed E-state index contributed by atoms with van der Waals surface area (Å²) in [6.07, 6.45) is 4.77. The summed E-state index contributed by atoms with van der Waals surface area (Å²) in [5.41, 5.74) is 0.824. The molecule has 0 aromatic heterocycles. The number of anilines is 1. The van der Waals surface area contributed by atoms with Crippen LogP contribution in [0.5, 0.6) is 5.75 Å². The molecule has 0 spiro atoms. The molecule has 1 N–H and O–H groups in total. The van der Waals surface area contributed by atoms with Crippen molar-refractivity contribution in [3.63, 3.8) is 0 Å². The first-order chi connectivity index (χ1) is 13.4. The Labute approximate surface area is 169 Å². The summed E-state index contributed by atoms with van der Waals surface area (Å²) in [7, 11) is 6.05. The van der Waals surface area contributed by atoms with Gasteiger partial charge in [-0.2, -0.15) is 0 Å². The second-order valence-electron chi connectivity index (χ2n) is 5.40. The first kappa shape index (κ1) is 23.2. The Balaban J connectivity index is 3.21. The highest BCUT2D eigenvalue weighted by molar-refractivity contribution is 8.17. The minimum Gasteiger partial charge on any atom is -0.504 e. The van der Waals surface area contributed by atoms with Crippen LogP contribution in [0.3, 0.4) is 0 Å². The lowest BCUT2D eigenvalue weighted by molar-refractivity contribution is -0.114. The van der Waals surface area contributed by atoms with Crippen LogP contribution < -0.4 is 10.1 Å². The molecule has 0 heterocycles. The van der Waals surface area contributed by atoms with E-state index in [1.54, 1.807) is 37.3 Å². The molecule has 0 aliphatic carbocycles. The molecule has 152 valence electrons. The molecule has 28 heavy (non-hydrogen) atoms. The van der Waals surface area contributed by atoms with Crippen LogP contribution in [0.25, 0.3) is 0 Å². The smallest absolute Gasteiger partial charge is 0.224 e. The van der Waals surface area contributed by atoms with Gasteiger partial charge < -0.3 is 24.3 Å². The molecule has 0 atom stereocenters. The monoisotopic (exact) mass is 407 g/mol. The van der Waals surface area contributed by atoms with Gasteiger partial charge in [0.1, 0.15) is 11.5 Å². The average Bonchev–Trinajstić information content (AvgIpc) is 2.68. The maximum Gasteiger partial charge on any atom is 0.224 e. The number of allylic oxidation sites excluding steroid dienone is 3. The Bertz CT molecular complexity index is 798. The molecular formula is C20H25NO6S. The number of carbonyl (C=O) groups is 2. The number of methoxy groups -OCH3 is 4. The number of benzene rings is 1. The molecule has 0 unspecified atom stereocenters. The summed E-state index contributed by atoms with van der Waals surface area (Å²) < 4.78 is 20.7. The molecule has 1 amide bonds. The summed E-state index contributed by atoms with van der Waals surface area (Å²) in [6.45, 7) is 3.14. The van der Waals surface area contributed by atoms with Crippen molar-refractivity contribution < 1.29 is 28.5 Å². The number of amides is 1. The van der Waals surface area contributed by atoms with E-state index in [2.05, 4.69) is 5.32 Å². The zero-order chi connectivity index (χ0) is 21.1. The lowest BCUT2D eigenvalue weighted by Gasteiger charge is -2.11. The predicted molar refractivity (Wildman–Crippen MR) is 110 cm³/mol. The lowest BCUT2D eigenvalue weighted by Crippen LogP contribution is -2.08. The van der Waals surface area contributed by atoms with Gasteiger partial charge in [-0.25, -0.2) is 0 Å². The minimum absolute atomic E-state index is 0.230. The van der Waals surface area contributed by atoms with E-state index in [-0.39, 0.29) is 11.0 Å². The first-order valence-corrected chi connectivity index (χ1v) is 9.05. The second kappa shape index (κ2) is 11.8. The van der Waals surface area contributed by atoms with Crippen LogP contribution >= 0.6 is 11.8 Å². The highest BCUT2D eigenvalue weighted by atomic mass is 32.2. The highest BCUT2D eigenvalue weighted by Crippen LogP contribution is 2.30. The van der Waals surface area contributed by atoms with E-state index in [0.29, 0.717) is 33.4 Å². The number of thioether (sulfide) groups is 1. The molecular weight excluding hydrogens is 382 g/mol. The van der Waals surface area contributed by atoms with Crippen molar-refractivity contribution in [2.45, 2.75) is 13.8 Å². The van der Waals surface area contributed by atoms with Gasteiger partial charge in [0.2, 0.25) is 11.0 Å². The third-order valence-electron chi connectivity index (χ3n) is 3.47. The number of ether oxygens (including phenoxy) is 4. The molecule has 0 saturated carbocycles. The standard InChI is InChI=1S/C20H25NO6S/c1-13(25-4)19(27-6)12-16(9-10-24-3)28-20(23)15-7-8-18(26-5)17(11-15)21-14(2)22/h7-12H,1-6H3,(H,21,22)/b10-9+,16-12+,19-13-. The third-order valence-corrected chi connectivity index (χ3v) is 4.38. The van der Waals surface area contributed by atoms with Gasteiger partial charge in [-0.1, -0.05) is 0 Å². The van der Waals surface area contributed by atoms with Crippen molar-refractivity contribution in [1.82, 2.24) is 0 Å². The fourth-order valence-corrected chi connectivity index (χ4v) is 2.82. The molecule has 0 radical (unpaired) electrons. The van der Waals surface area contributed by atoms with Crippen LogP contribution in [0.15, 0.2) is 53.0 Å². The first-order valence-electron chi connectivity index (χ1n) is 8.23. The van der Waals surface area contributed by atoms with Crippen LogP contribution in [0.4, 0.5) is 5.69 Å². The van der Waals surface area contributed by atoms with Crippen molar-refractivity contribution in [1.29, 1.82) is 0 Å². The lowest BCUT2D eigenvalue weighted by atomic mass is 10.2. The Hall–Kier alpha value is -2.87. The highest BCUT2D eigenvalue weighted by Gasteiger charge is 2.14. The van der Waals surface area contributed by atoms with Gasteiger partial charge in [-0.05, 0) is 49.0 Å². The maximum atomic E-state index is 12.8. The molecule has 8 heteroatoms. The molecule has 0 aliphatic rings. The number of hydrogen-bond donors (Lipinski definition) is 1. The van der Waals surface area contributed by atoms with Gasteiger partial charge in [0.05, 0.1) is 40.4 Å². The van der Waals surface area contributed by atoms with Crippen LogP contribution in [0.1, 0.15) is 24.2 Å². The minimum atomic E-state index is -0.260. The van der Waals surface area contributed by atoms with E-state index < -0.39 is 0 Å². The zero-order valence-corrected chi connectivity index (χ0v) is 17.6. The Kier molecular flexibility index (Phi) is 9.73. The molecule has 1 aromatic carbocycles. The number of rotatable bonds is 9. The van der Waals surface area contributed by atoms with Gasteiger partial charge in [0.25, 0.3) is 0 Å². The van der Waals surface area contributed by atoms with Gasteiger partial charge >= 0.3 is 0 Å². The fraction of sp³-hybridized carbons (Fsp3) is 0.300. The van der Waals surface area contributed by atoms with E-state index >= 15 is 0 Å². The van der Waals surface area contributed by atoms with E-state index in [9.17, 15) is 9.59 Å². The van der Waals surface area contributed by atoms with E-state index in [1.165, 1.54) is 41.6 Å². The zero-order valence-electron chi connectivity index (χ0n) is 16.8. The van der Waals surface area contributed by atoms with Crippen molar-refractivity contribution >= 4 is 28.5 Å². The van der Waals surface area contributed by atoms with Crippen molar-refractivity contribution in [3.05, 3.63) is 58.6 Å². The number of hydrogen-bond acceptors (Lipinski definition) is 7. The molecule has 7 nitrogen and oxygen atoms in total. The normalized spacial score (nSPS) is 12.3. The third kappa shape index (κ3) is 7.03. The molecule has 0 saturated heterocycles. The molecule has 1 rings (SSSR count). The SMILES string of the molecule is CO/C=C/C(=C\C(OC)=C(/C)OC)SC(=O)c1ccc(OC)c(NC(C)=O)c1. The summed E-state index contributed by atoms with van der Waals surface area (Å²) >= 11 is 0.983. The summed E-state index contributed by atoms with van der Waals surface area (Å²) in [5.74, 6) is 1.25. The Morgan fingerprint density at radius 3 is 2.32 bits per heavy atom. The predicted octanol–water partition coefficient (Wildman–Crippen LogP) is 4.10. The largest absolute Gasteiger partial charge is 0.504 e. The quantitative estimate of drug-likeness (QED) is 0.487. The van der Waals surface area contributed by atoms with Crippen LogP contribution in [0.2, 0.25) is 0 Å². The van der Waals surface area contributed by atoms with Gasteiger partial charge in [-0.3, -0.25) is 9.59 Å². The van der Waals surface area contributed by atoms with Crippen LogP contribution in [0, 0.1) is 0 Å². The van der Waals surface area contributed by atoms with Crippen LogP contribution in [-0.2, 0) is 19.0 Å². The van der Waals surface area contributed by atoms with Gasteiger partial charge in [-0.15, -0.1) is 0 Å². The molecule has 0 fully saturated rings. The van der Waals surface area contributed by atoms with Crippen molar-refractivity contribution in [3.8, 4) is 5.75 Å². The summed E-state index contributed by atoms with van der Waals surface area (Å²) in [4.78, 5) is 24.7. The van der Waals surface area contributed by atoms with E-state index in [0.717, 1.165) is 11.8 Å². The molecule has 1 aromatic rings. The fourth-order valence-electron chi connectivity index (χ4n) is 2.07. The van der Waals surface area contributed by atoms with Crippen LogP contribution in [-0.4, -0.2) is 39.5 Å². The Morgan fingerprint density at radius 2 is 1.79 bits per heavy atom. The molecule has 0 bridgehead atoms. The van der Waals surface area contributed by atoms with E-state index in [4.69, 9.17) is 18.9 Å². The maximum absolute atomic E-state index is 12.8. The van der Waals surface area contributed by atoms with Crippen molar-refractivity contribution in [2.75, 3.05) is 33.8 Å². The van der Waals surface area contributed by atoms with Gasteiger partial charge in [0.15, 0.2) is 5.76 Å². The molecule has 0 aliphatic heterocycles.